The molecule has 0 amide bonds. The summed E-state index contributed by atoms with van der Waals surface area (Å²) >= 11 is 0. The molecule has 122 valence electrons. The highest BCUT2D eigenvalue weighted by molar-refractivity contribution is 5.79. The summed E-state index contributed by atoms with van der Waals surface area (Å²) in [5, 5.41) is 10.3. The number of hydrogen-bond acceptors (Lipinski definition) is 5. The van der Waals surface area contributed by atoms with E-state index in [0.717, 1.165) is 19.5 Å². The van der Waals surface area contributed by atoms with Crippen LogP contribution in [0.15, 0.2) is 53.1 Å². The van der Waals surface area contributed by atoms with Crippen molar-refractivity contribution in [1.29, 1.82) is 0 Å². The largest absolute Gasteiger partial charge is 0.466 e. The Balaban J connectivity index is 1.54. The molecule has 2 unspecified atom stereocenters. The van der Waals surface area contributed by atoms with Crippen LogP contribution in [0.25, 0.3) is 0 Å². The van der Waals surface area contributed by atoms with Gasteiger partial charge in [0.2, 0.25) is 5.60 Å². The molecule has 1 aromatic carbocycles. The van der Waals surface area contributed by atoms with Crippen LogP contribution in [0.4, 0.5) is 0 Å². The normalized spacial score (nSPS) is 21.0. The lowest BCUT2D eigenvalue weighted by Gasteiger charge is -2.22. The standard InChI is InChI=1S/C18H21NO4/c1-18(21,16-8-5-11-22-16)17(20)23-15-9-10-19(13-15)12-14-6-3-2-4-7-14/h2-8,11,15,21H,9-10,12-13H2,1H3. The molecule has 1 aromatic heterocycles. The van der Waals surface area contributed by atoms with Gasteiger partial charge in [0.25, 0.3) is 0 Å². The van der Waals surface area contributed by atoms with Crippen molar-refractivity contribution >= 4 is 5.97 Å². The van der Waals surface area contributed by atoms with Crippen LogP contribution in [-0.4, -0.2) is 35.2 Å². The minimum absolute atomic E-state index is 0.196. The van der Waals surface area contributed by atoms with E-state index in [1.54, 1.807) is 12.1 Å². The second-order valence-corrected chi connectivity index (χ2v) is 6.09. The van der Waals surface area contributed by atoms with E-state index in [1.807, 2.05) is 18.2 Å². The second-order valence-electron chi connectivity index (χ2n) is 6.09. The Bertz CT molecular complexity index is 636. The number of carbonyl (C=O) groups excluding carboxylic acids is 1. The van der Waals surface area contributed by atoms with Gasteiger partial charge in [-0.15, -0.1) is 0 Å². The highest BCUT2D eigenvalue weighted by atomic mass is 16.6. The van der Waals surface area contributed by atoms with Crippen molar-refractivity contribution in [3.63, 3.8) is 0 Å². The second kappa shape index (κ2) is 6.56. The van der Waals surface area contributed by atoms with Crippen LogP contribution in [0.1, 0.15) is 24.7 Å². The quantitative estimate of drug-likeness (QED) is 0.858. The van der Waals surface area contributed by atoms with Crippen molar-refractivity contribution in [3.8, 4) is 0 Å². The lowest BCUT2D eigenvalue weighted by atomic mass is 10.0. The molecule has 0 saturated carbocycles. The van der Waals surface area contributed by atoms with Gasteiger partial charge in [-0.05, 0) is 31.0 Å². The molecule has 0 aliphatic carbocycles. The number of rotatable bonds is 5. The topological polar surface area (TPSA) is 62.9 Å². The molecule has 0 bridgehead atoms. The van der Waals surface area contributed by atoms with E-state index in [2.05, 4.69) is 17.0 Å². The number of benzene rings is 1. The number of furan rings is 1. The molecule has 2 heterocycles. The maximum atomic E-state index is 12.2. The summed E-state index contributed by atoms with van der Waals surface area (Å²) in [5.41, 5.74) is -0.516. The Morgan fingerprint density at radius 2 is 2.13 bits per heavy atom. The summed E-state index contributed by atoms with van der Waals surface area (Å²) < 4.78 is 10.6. The van der Waals surface area contributed by atoms with Gasteiger partial charge in [-0.1, -0.05) is 30.3 Å². The predicted molar refractivity (Wildman–Crippen MR) is 84.5 cm³/mol. The van der Waals surface area contributed by atoms with Crippen LogP contribution in [0, 0.1) is 0 Å². The SMILES string of the molecule is CC(O)(C(=O)OC1CCN(Cc2ccccc2)C1)c1ccco1. The Morgan fingerprint density at radius 3 is 2.83 bits per heavy atom. The van der Waals surface area contributed by atoms with Gasteiger partial charge in [-0.2, -0.15) is 0 Å². The highest BCUT2D eigenvalue weighted by Gasteiger charge is 2.39. The Kier molecular flexibility index (Phi) is 4.50. The molecular formula is C18H21NO4. The van der Waals surface area contributed by atoms with Crippen LogP contribution in [0.2, 0.25) is 0 Å². The van der Waals surface area contributed by atoms with E-state index in [9.17, 15) is 9.90 Å². The average Bonchev–Trinajstić information content (AvgIpc) is 3.20. The van der Waals surface area contributed by atoms with Gasteiger partial charge in [0.15, 0.2) is 0 Å². The number of likely N-dealkylation sites (tertiary alicyclic amines) is 1. The zero-order valence-corrected chi connectivity index (χ0v) is 13.1. The molecule has 3 rings (SSSR count). The van der Waals surface area contributed by atoms with Gasteiger partial charge in [0, 0.05) is 19.6 Å². The smallest absolute Gasteiger partial charge is 0.346 e. The first-order valence-corrected chi connectivity index (χ1v) is 7.79. The monoisotopic (exact) mass is 315 g/mol. The van der Waals surface area contributed by atoms with Gasteiger partial charge < -0.3 is 14.3 Å². The van der Waals surface area contributed by atoms with E-state index in [0.29, 0.717) is 6.54 Å². The van der Waals surface area contributed by atoms with Crippen molar-refractivity contribution in [2.24, 2.45) is 0 Å². The molecule has 1 fully saturated rings. The number of carbonyl (C=O) groups is 1. The molecule has 2 aromatic rings. The zero-order chi connectivity index (χ0) is 16.3. The van der Waals surface area contributed by atoms with E-state index >= 15 is 0 Å². The van der Waals surface area contributed by atoms with E-state index in [-0.39, 0.29) is 11.9 Å². The molecule has 5 heteroatoms. The number of ether oxygens (including phenoxy) is 1. The third-order valence-corrected chi connectivity index (χ3v) is 4.15. The lowest BCUT2D eigenvalue weighted by Crippen LogP contribution is -2.37. The minimum atomic E-state index is -1.75. The summed E-state index contributed by atoms with van der Waals surface area (Å²) in [7, 11) is 0. The lowest BCUT2D eigenvalue weighted by molar-refractivity contribution is -0.171. The van der Waals surface area contributed by atoms with Crippen molar-refractivity contribution < 1.29 is 19.1 Å². The Hall–Kier alpha value is -2.11. The van der Waals surface area contributed by atoms with Crippen LogP contribution in [0.3, 0.4) is 0 Å². The summed E-state index contributed by atoms with van der Waals surface area (Å²) in [6, 6.07) is 13.4. The highest BCUT2D eigenvalue weighted by Crippen LogP contribution is 2.25. The summed E-state index contributed by atoms with van der Waals surface area (Å²) in [6.07, 6.45) is 1.99. The number of aliphatic hydroxyl groups is 1. The number of nitrogens with zero attached hydrogens (tertiary/aromatic N) is 1. The fourth-order valence-electron chi connectivity index (χ4n) is 2.80. The van der Waals surface area contributed by atoms with Crippen LogP contribution in [0.5, 0.6) is 0 Å². The van der Waals surface area contributed by atoms with Crippen molar-refractivity contribution in [2.45, 2.75) is 31.6 Å². The third-order valence-electron chi connectivity index (χ3n) is 4.15. The summed E-state index contributed by atoms with van der Waals surface area (Å²) in [4.78, 5) is 14.5. The predicted octanol–water partition coefficient (Wildman–Crippen LogP) is 2.30. The van der Waals surface area contributed by atoms with Gasteiger partial charge in [-0.3, -0.25) is 4.90 Å². The van der Waals surface area contributed by atoms with E-state index < -0.39 is 11.6 Å². The van der Waals surface area contributed by atoms with Crippen LogP contribution >= 0.6 is 0 Å². The molecule has 5 nitrogen and oxygen atoms in total. The molecule has 0 radical (unpaired) electrons. The molecular weight excluding hydrogens is 294 g/mol. The number of esters is 1. The third kappa shape index (κ3) is 3.63. The minimum Gasteiger partial charge on any atom is -0.466 e. The van der Waals surface area contributed by atoms with Gasteiger partial charge in [0.05, 0.1) is 6.26 Å². The van der Waals surface area contributed by atoms with Gasteiger partial charge in [-0.25, -0.2) is 4.79 Å². The van der Waals surface area contributed by atoms with E-state index in [1.165, 1.54) is 18.8 Å². The maximum Gasteiger partial charge on any atom is 0.346 e. The molecule has 1 aliphatic rings. The first-order chi connectivity index (χ1) is 11.1. The van der Waals surface area contributed by atoms with Crippen LogP contribution in [-0.2, 0) is 21.7 Å². The number of hydrogen-bond donors (Lipinski definition) is 1. The van der Waals surface area contributed by atoms with Crippen LogP contribution < -0.4 is 0 Å². The zero-order valence-electron chi connectivity index (χ0n) is 13.1. The van der Waals surface area contributed by atoms with Gasteiger partial charge in [0.1, 0.15) is 11.9 Å². The first kappa shape index (κ1) is 15.8. The van der Waals surface area contributed by atoms with E-state index in [4.69, 9.17) is 9.15 Å². The molecule has 1 N–H and O–H groups in total. The Labute approximate surface area is 135 Å². The molecule has 1 aliphatic heterocycles. The molecule has 0 spiro atoms. The molecule has 23 heavy (non-hydrogen) atoms. The fourth-order valence-corrected chi connectivity index (χ4v) is 2.80. The van der Waals surface area contributed by atoms with Crippen molar-refractivity contribution in [3.05, 3.63) is 60.1 Å². The fraction of sp³-hybridized carbons (Fsp3) is 0.389. The molecule has 2 atom stereocenters. The Morgan fingerprint density at radius 1 is 1.35 bits per heavy atom. The average molecular weight is 315 g/mol. The summed E-state index contributed by atoms with van der Waals surface area (Å²) in [5.74, 6) is -0.472. The van der Waals surface area contributed by atoms with Crippen molar-refractivity contribution in [1.82, 2.24) is 4.90 Å². The van der Waals surface area contributed by atoms with Crippen molar-refractivity contribution in [2.75, 3.05) is 13.1 Å². The first-order valence-electron chi connectivity index (χ1n) is 7.79. The van der Waals surface area contributed by atoms with Gasteiger partial charge >= 0.3 is 5.97 Å². The maximum absolute atomic E-state index is 12.2. The summed E-state index contributed by atoms with van der Waals surface area (Å²) in [6.45, 7) is 3.78. The molecule has 1 saturated heterocycles.